The zero-order chi connectivity index (χ0) is 13.1. The van der Waals surface area contributed by atoms with E-state index in [9.17, 15) is 9.90 Å². The Bertz CT molecular complexity index is 564. The van der Waals surface area contributed by atoms with Gasteiger partial charge in [-0.2, -0.15) is 0 Å². The van der Waals surface area contributed by atoms with Crippen LogP contribution in [0.15, 0.2) is 48.5 Å². The smallest absolute Gasteiger partial charge is 0.337 e. The van der Waals surface area contributed by atoms with Crippen molar-refractivity contribution >= 4 is 28.6 Å². The summed E-state index contributed by atoms with van der Waals surface area (Å²) in [6, 6.07) is 14.8. The fourth-order valence-electron chi connectivity index (χ4n) is 1.68. The van der Waals surface area contributed by atoms with Crippen LogP contribution in [0.4, 0.5) is 0 Å². The molecule has 0 aliphatic heterocycles. The van der Waals surface area contributed by atoms with Crippen molar-refractivity contribution in [3.05, 3.63) is 57.7 Å². The summed E-state index contributed by atoms with van der Waals surface area (Å²) >= 11 is 2.25. The Morgan fingerprint density at radius 1 is 1.06 bits per heavy atom. The van der Waals surface area contributed by atoms with Crippen molar-refractivity contribution in [2.24, 2.45) is 0 Å². The van der Waals surface area contributed by atoms with Crippen molar-refractivity contribution in [2.75, 3.05) is 0 Å². The number of hydrogen-bond acceptors (Lipinski definition) is 2. The summed E-state index contributed by atoms with van der Waals surface area (Å²) in [4.78, 5) is 10.7. The van der Waals surface area contributed by atoms with Gasteiger partial charge in [-0.25, -0.2) is 4.79 Å². The zero-order valence-electron chi connectivity index (χ0n) is 9.38. The molecule has 2 N–H and O–H groups in total. The van der Waals surface area contributed by atoms with E-state index in [1.165, 1.54) is 0 Å². The molecule has 0 aliphatic rings. The molecule has 2 rings (SSSR count). The standard InChI is InChI=1S/C14H11IO3/c15-12-4-2-1-3-11(12)9-5-7-10(8-6-9)13(16)14(17)18/h1-8,13,16H,(H,17,18). The average molecular weight is 354 g/mol. The van der Waals surface area contributed by atoms with Crippen LogP contribution in [0.25, 0.3) is 11.1 Å². The van der Waals surface area contributed by atoms with Crippen LogP contribution in [-0.2, 0) is 4.79 Å². The van der Waals surface area contributed by atoms with Gasteiger partial charge in [0, 0.05) is 3.57 Å². The second-order valence-electron chi connectivity index (χ2n) is 3.84. The molecule has 1 unspecified atom stereocenters. The Labute approximate surface area is 118 Å². The number of rotatable bonds is 3. The van der Waals surface area contributed by atoms with Gasteiger partial charge in [0.15, 0.2) is 6.10 Å². The number of carboxylic acid groups (broad SMARTS) is 1. The Morgan fingerprint density at radius 3 is 2.22 bits per heavy atom. The highest BCUT2D eigenvalue weighted by Gasteiger charge is 2.15. The Hall–Kier alpha value is -1.40. The van der Waals surface area contributed by atoms with Gasteiger partial charge in [0.2, 0.25) is 0 Å². The Morgan fingerprint density at radius 2 is 1.67 bits per heavy atom. The van der Waals surface area contributed by atoms with Crippen molar-refractivity contribution in [1.82, 2.24) is 0 Å². The zero-order valence-corrected chi connectivity index (χ0v) is 11.5. The van der Waals surface area contributed by atoms with Crippen molar-refractivity contribution in [3.63, 3.8) is 0 Å². The van der Waals surface area contributed by atoms with Gasteiger partial charge in [0.05, 0.1) is 0 Å². The van der Waals surface area contributed by atoms with Crippen LogP contribution >= 0.6 is 22.6 Å². The first-order valence-electron chi connectivity index (χ1n) is 5.35. The van der Waals surface area contributed by atoms with Gasteiger partial charge in [-0.15, -0.1) is 0 Å². The summed E-state index contributed by atoms with van der Waals surface area (Å²) in [5.74, 6) is -1.24. The minimum absolute atomic E-state index is 0.386. The van der Waals surface area contributed by atoms with E-state index in [0.29, 0.717) is 5.56 Å². The van der Waals surface area contributed by atoms with E-state index in [1.54, 1.807) is 12.1 Å². The van der Waals surface area contributed by atoms with Crippen LogP contribution in [0.2, 0.25) is 0 Å². The molecule has 0 amide bonds. The maximum Gasteiger partial charge on any atom is 0.337 e. The molecule has 4 heteroatoms. The molecule has 0 fully saturated rings. The number of aliphatic hydroxyl groups excluding tert-OH is 1. The third kappa shape index (κ3) is 2.70. The first-order chi connectivity index (χ1) is 8.59. The van der Waals surface area contributed by atoms with E-state index in [-0.39, 0.29) is 0 Å². The normalized spacial score (nSPS) is 12.1. The summed E-state index contributed by atoms with van der Waals surface area (Å²) in [6.07, 6.45) is -1.46. The highest BCUT2D eigenvalue weighted by atomic mass is 127. The first-order valence-corrected chi connectivity index (χ1v) is 6.43. The fraction of sp³-hybridized carbons (Fsp3) is 0.0714. The summed E-state index contributed by atoms with van der Waals surface area (Å²) < 4.78 is 1.13. The predicted molar refractivity (Wildman–Crippen MR) is 77.2 cm³/mol. The monoisotopic (exact) mass is 354 g/mol. The van der Waals surface area contributed by atoms with Crippen molar-refractivity contribution in [3.8, 4) is 11.1 Å². The minimum atomic E-state index is -1.46. The molecule has 0 spiro atoms. The van der Waals surface area contributed by atoms with Gasteiger partial charge >= 0.3 is 5.97 Å². The third-order valence-electron chi connectivity index (χ3n) is 2.65. The number of halogens is 1. The lowest BCUT2D eigenvalue weighted by Gasteiger charge is -2.08. The highest BCUT2D eigenvalue weighted by Crippen LogP contribution is 2.26. The van der Waals surface area contributed by atoms with Crippen LogP contribution < -0.4 is 0 Å². The number of hydrogen-bond donors (Lipinski definition) is 2. The van der Waals surface area contributed by atoms with Crippen molar-refractivity contribution in [1.29, 1.82) is 0 Å². The van der Waals surface area contributed by atoms with Gasteiger partial charge < -0.3 is 10.2 Å². The van der Waals surface area contributed by atoms with Crippen LogP contribution in [-0.4, -0.2) is 16.2 Å². The maximum atomic E-state index is 10.7. The second-order valence-corrected chi connectivity index (χ2v) is 5.00. The number of benzene rings is 2. The molecule has 3 nitrogen and oxygen atoms in total. The molecule has 0 saturated heterocycles. The van der Waals surface area contributed by atoms with Gasteiger partial charge in [0.1, 0.15) is 0 Å². The quantitative estimate of drug-likeness (QED) is 0.833. The number of carbonyl (C=O) groups is 1. The van der Waals surface area contributed by atoms with E-state index in [1.807, 2.05) is 36.4 Å². The number of carboxylic acids is 1. The van der Waals surface area contributed by atoms with E-state index in [4.69, 9.17) is 5.11 Å². The number of aliphatic carboxylic acids is 1. The summed E-state index contributed by atoms with van der Waals surface area (Å²) in [6.45, 7) is 0. The van der Waals surface area contributed by atoms with Crippen molar-refractivity contribution in [2.45, 2.75) is 6.10 Å². The molecule has 0 radical (unpaired) electrons. The Kier molecular flexibility index (Phi) is 3.98. The summed E-state index contributed by atoms with van der Waals surface area (Å²) in [5.41, 5.74) is 2.48. The first kappa shape index (κ1) is 13.0. The van der Waals surface area contributed by atoms with E-state index < -0.39 is 12.1 Å². The lowest BCUT2D eigenvalue weighted by Crippen LogP contribution is -2.10. The highest BCUT2D eigenvalue weighted by molar-refractivity contribution is 14.1. The minimum Gasteiger partial charge on any atom is -0.479 e. The summed E-state index contributed by atoms with van der Waals surface area (Å²) in [7, 11) is 0. The molecule has 2 aromatic rings. The molecule has 0 heterocycles. The van der Waals surface area contributed by atoms with Crippen LogP contribution in [0.1, 0.15) is 11.7 Å². The molecule has 92 valence electrons. The molecule has 0 saturated carbocycles. The Balaban J connectivity index is 2.34. The third-order valence-corrected chi connectivity index (χ3v) is 3.59. The lowest BCUT2D eigenvalue weighted by molar-refractivity contribution is -0.146. The number of aliphatic hydroxyl groups is 1. The molecule has 0 aromatic heterocycles. The van der Waals surface area contributed by atoms with Crippen LogP contribution in [0, 0.1) is 3.57 Å². The van der Waals surface area contributed by atoms with Gasteiger partial charge in [-0.3, -0.25) is 0 Å². The largest absolute Gasteiger partial charge is 0.479 e. The second kappa shape index (κ2) is 5.49. The van der Waals surface area contributed by atoms with Gasteiger partial charge in [-0.05, 0) is 45.3 Å². The average Bonchev–Trinajstić information content (AvgIpc) is 2.38. The van der Waals surface area contributed by atoms with Gasteiger partial charge in [0.25, 0.3) is 0 Å². The molecule has 2 aromatic carbocycles. The molecule has 0 aliphatic carbocycles. The lowest BCUT2D eigenvalue weighted by atomic mass is 10.0. The molecular formula is C14H11IO3. The molecule has 0 bridgehead atoms. The SMILES string of the molecule is O=C(O)C(O)c1ccc(-c2ccccc2I)cc1. The van der Waals surface area contributed by atoms with Crippen molar-refractivity contribution < 1.29 is 15.0 Å². The van der Waals surface area contributed by atoms with Crippen LogP contribution in [0.3, 0.4) is 0 Å². The molecule has 18 heavy (non-hydrogen) atoms. The van der Waals surface area contributed by atoms with E-state index >= 15 is 0 Å². The van der Waals surface area contributed by atoms with E-state index in [0.717, 1.165) is 14.7 Å². The van der Waals surface area contributed by atoms with E-state index in [2.05, 4.69) is 22.6 Å². The fourth-order valence-corrected chi connectivity index (χ4v) is 2.38. The maximum absolute atomic E-state index is 10.7. The van der Waals surface area contributed by atoms with Crippen LogP contribution in [0.5, 0.6) is 0 Å². The predicted octanol–water partition coefficient (Wildman–Crippen LogP) is 3.08. The molecule has 1 atom stereocenters. The van der Waals surface area contributed by atoms with Gasteiger partial charge in [-0.1, -0.05) is 42.5 Å². The molecular weight excluding hydrogens is 343 g/mol. The topological polar surface area (TPSA) is 57.5 Å². The summed E-state index contributed by atoms with van der Waals surface area (Å²) in [5, 5.41) is 18.1.